The molecule has 0 amide bonds. The van der Waals surface area contributed by atoms with E-state index in [9.17, 15) is 8.42 Å². The number of nitrogens with one attached hydrogen (secondary N) is 1. The van der Waals surface area contributed by atoms with Crippen molar-refractivity contribution < 1.29 is 8.42 Å². The van der Waals surface area contributed by atoms with E-state index in [4.69, 9.17) is 0 Å². The SMILES string of the molecule is C[C@@H]1CNCCN1Cc1ccc(S(C)(=O)=O)cc1. The van der Waals surface area contributed by atoms with E-state index in [1.807, 2.05) is 12.1 Å². The number of sulfone groups is 1. The highest BCUT2D eigenvalue weighted by molar-refractivity contribution is 7.90. The molecule has 5 heteroatoms. The molecule has 1 heterocycles. The summed E-state index contributed by atoms with van der Waals surface area (Å²) in [7, 11) is -3.09. The summed E-state index contributed by atoms with van der Waals surface area (Å²) in [5, 5.41) is 3.36. The number of rotatable bonds is 3. The molecular weight excluding hydrogens is 248 g/mol. The maximum atomic E-state index is 11.4. The predicted molar refractivity (Wildman–Crippen MR) is 72.3 cm³/mol. The van der Waals surface area contributed by atoms with Crippen molar-refractivity contribution in [1.82, 2.24) is 10.2 Å². The number of hydrogen-bond donors (Lipinski definition) is 1. The molecule has 1 N–H and O–H groups in total. The summed E-state index contributed by atoms with van der Waals surface area (Å²) in [6.45, 7) is 6.16. The Hall–Kier alpha value is -0.910. The lowest BCUT2D eigenvalue weighted by molar-refractivity contribution is 0.165. The Bertz CT molecular complexity index is 496. The van der Waals surface area contributed by atoms with Crippen molar-refractivity contribution in [2.24, 2.45) is 0 Å². The summed E-state index contributed by atoms with van der Waals surface area (Å²) in [4.78, 5) is 2.80. The lowest BCUT2D eigenvalue weighted by Crippen LogP contribution is -2.49. The first kappa shape index (κ1) is 13.5. The zero-order chi connectivity index (χ0) is 13.2. The van der Waals surface area contributed by atoms with Crippen molar-refractivity contribution in [2.45, 2.75) is 24.4 Å². The fraction of sp³-hybridized carbons (Fsp3) is 0.538. The van der Waals surface area contributed by atoms with E-state index in [-0.39, 0.29) is 0 Å². The minimum Gasteiger partial charge on any atom is -0.314 e. The summed E-state index contributed by atoms with van der Waals surface area (Å²) in [5.41, 5.74) is 1.16. The van der Waals surface area contributed by atoms with Crippen molar-refractivity contribution >= 4 is 9.84 Å². The van der Waals surface area contributed by atoms with Crippen LogP contribution in [-0.2, 0) is 16.4 Å². The fourth-order valence-corrected chi connectivity index (χ4v) is 2.83. The van der Waals surface area contributed by atoms with Crippen LogP contribution in [0.5, 0.6) is 0 Å². The van der Waals surface area contributed by atoms with E-state index < -0.39 is 9.84 Å². The molecule has 4 nitrogen and oxygen atoms in total. The summed E-state index contributed by atoms with van der Waals surface area (Å²) in [6, 6.07) is 7.72. The number of benzene rings is 1. The monoisotopic (exact) mass is 268 g/mol. The van der Waals surface area contributed by atoms with Gasteiger partial charge in [0.2, 0.25) is 0 Å². The van der Waals surface area contributed by atoms with E-state index in [1.165, 1.54) is 6.26 Å². The summed E-state index contributed by atoms with van der Waals surface area (Å²) < 4.78 is 22.7. The second kappa shape index (κ2) is 5.38. The molecule has 1 aromatic rings. The minimum atomic E-state index is -3.09. The largest absolute Gasteiger partial charge is 0.314 e. The molecule has 100 valence electrons. The van der Waals surface area contributed by atoms with Gasteiger partial charge in [-0.1, -0.05) is 12.1 Å². The van der Waals surface area contributed by atoms with Crippen LogP contribution in [0.3, 0.4) is 0 Å². The Labute approximate surface area is 109 Å². The molecule has 0 bridgehead atoms. The van der Waals surface area contributed by atoms with E-state index in [2.05, 4.69) is 17.1 Å². The van der Waals surface area contributed by atoms with Gasteiger partial charge in [0.15, 0.2) is 9.84 Å². The molecule has 0 radical (unpaired) electrons. The summed E-state index contributed by atoms with van der Waals surface area (Å²) in [6.07, 6.45) is 1.24. The van der Waals surface area contributed by atoms with Gasteiger partial charge in [-0.25, -0.2) is 8.42 Å². The van der Waals surface area contributed by atoms with E-state index >= 15 is 0 Å². The third-order valence-corrected chi connectivity index (χ3v) is 4.50. The smallest absolute Gasteiger partial charge is 0.175 e. The Morgan fingerprint density at radius 1 is 1.33 bits per heavy atom. The summed E-state index contributed by atoms with van der Waals surface area (Å²) >= 11 is 0. The van der Waals surface area contributed by atoms with Crippen LogP contribution in [0.4, 0.5) is 0 Å². The Morgan fingerprint density at radius 3 is 2.56 bits per heavy atom. The van der Waals surface area contributed by atoms with Crippen LogP contribution in [0.15, 0.2) is 29.2 Å². The van der Waals surface area contributed by atoms with Gasteiger partial charge in [0.1, 0.15) is 0 Å². The highest BCUT2D eigenvalue weighted by atomic mass is 32.2. The zero-order valence-electron chi connectivity index (χ0n) is 10.9. The molecule has 18 heavy (non-hydrogen) atoms. The van der Waals surface area contributed by atoms with Crippen LogP contribution in [0, 0.1) is 0 Å². The van der Waals surface area contributed by atoms with Gasteiger partial charge in [0, 0.05) is 38.5 Å². The number of piperazine rings is 1. The van der Waals surface area contributed by atoms with Crippen LogP contribution >= 0.6 is 0 Å². The number of nitrogens with zero attached hydrogens (tertiary/aromatic N) is 1. The Balaban J connectivity index is 2.06. The van der Waals surface area contributed by atoms with Crippen LogP contribution in [-0.4, -0.2) is 45.2 Å². The van der Waals surface area contributed by atoms with E-state index in [1.54, 1.807) is 12.1 Å². The molecule has 0 aliphatic carbocycles. The molecule has 0 spiro atoms. The third kappa shape index (κ3) is 3.31. The second-order valence-corrected chi connectivity index (χ2v) is 6.96. The molecule has 0 unspecified atom stereocenters. The van der Waals surface area contributed by atoms with Gasteiger partial charge in [-0.2, -0.15) is 0 Å². The lowest BCUT2D eigenvalue weighted by Gasteiger charge is -2.33. The highest BCUT2D eigenvalue weighted by Crippen LogP contribution is 2.14. The molecule has 1 fully saturated rings. The van der Waals surface area contributed by atoms with Gasteiger partial charge in [-0.05, 0) is 24.6 Å². The maximum Gasteiger partial charge on any atom is 0.175 e. The van der Waals surface area contributed by atoms with Crippen LogP contribution in [0.1, 0.15) is 12.5 Å². The van der Waals surface area contributed by atoms with E-state index in [0.29, 0.717) is 10.9 Å². The molecule has 0 saturated carbocycles. The fourth-order valence-electron chi connectivity index (χ4n) is 2.19. The van der Waals surface area contributed by atoms with Gasteiger partial charge >= 0.3 is 0 Å². The van der Waals surface area contributed by atoms with Crippen molar-refractivity contribution in [3.63, 3.8) is 0 Å². The quantitative estimate of drug-likeness (QED) is 0.884. The Morgan fingerprint density at radius 2 is 2.00 bits per heavy atom. The normalized spacial score (nSPS) is 22.0. The van der Waals surface area contributed by atoms with Gasteiger partial charge in [-0.3, -0.25) is 4.90 Å². The van der Waals surface area contributed by atoms with Crippen LogP contribution < -0.4 is 5.32 Å². The van der Waals surface area contributed by atoms with Gasteiger partial charge < -0.3 is 5.32 Å². The van der Waals surface area contributed by atoms with Crippen LogP contribution in [0.2, 0.25) is 0 Å². The molecule has 2 rings (SSSR count). The van der Waals surface area contributed by atoms with Crippen molar-refractivity contribution in [3.05, 3.63) is 29.8 Å². The van der Waals surface area contributed by atoms with Gasteiger partial charge in [0.05, 0.1) is 4.90 Å². The standard InChI is InChI=1S/C13H20N2O2S/c1-11-9-14-7-8-15(11)10-12-3-5-13(6-4-12)18(2,16)17/h3-6,11,14H,7-10H2,1-2H3/t11-/m1/s1. The zero-order valence-corrected chi connectivity index (χ0v) is 11.7. The molecule has 0 aromatic heterocycles. The minimum absolute atomic E-state index is 0.389. The molecule has 1 aliphatic heterocycles. The lowest BCUT2D eigenvalue weighted by atomic mass is 10.1. The van der Waals surface area contributed by atoms with Crippen molar-refractivity contribution in [3.8, 4) is 0 Å². The van der Waals surface area contributed by atoms with Crippen LogP contribution in [0.25, 0.3) is 0 Å². The topological polar surface area (TPSA) is 49.4 Å². The first-order chi connectivity index (χ1) is 8.47. The molecule has 1 atom stereocenters. The average Bonchev–Trinajstić information content (AvgIpc) is 2.32. The van der Waals surface area contributed by atoms with E-state index in [0.717, 1.165) is 31.7 Å². The predicted octanol–water partition coefficient (Wildman–Crippen LogP) is 0.884. The number of hydrogen-bond acceptors (Lipinski definition) is 4. The van der Waals surface area contributed by atoms with Crippen molar-refractivity contribution in [1.29, 1.82) is 0 Å². The summed E-state index contributed by atoms with van der Waals surface area (Å²) in [5.74, 6) is 0. The average molecular weight is 268 g/mol. The second-order valence-electron chi connectivity index (χ2n) is 4.94. The first-order valence-corrected chi connectivity index (χ1v) is 8.10. The van der Waals surface area contributed by atoms with Gasteiger partial charge in [-0.15, -0.1) is 0 Å². The first-order valence-electron chi connectivity index (χ1n) is 6.20. The van der Waals surface area contributed by atoms with Gasteiger partial charge in [0.25, 0.3) is 0 Å². The Kier molecular flexibility index (Phi) is 4.04. The molecular formula is C13H20N2O2S. The molecule has 1 aliphatic rings. The van der Waals surface area contributed by atoms with Crippen molar-refractivity contribution in [2.75, 3.05) is 25.9 Å². The maximum absolute atomic E-state index is 11.4. The highest BCUT2D eigenvalue weighted by Gasteiger charge is 2.17. The third-order valence-electron chi connectivity index (χ3n) is 3.38. The molecule has 1 aromatic carbocycles. The molecule has 1 saturated heterocycles.